The molecule has 0 saturated carbocycles. The van der Waals surface area contributed by atoms with Crippen LogP contribution in [-0.4, -0.2) is 3.21 Å². The first kappa shape index (κ1) is 23.1. The van der Waals surface area contributed by atoms with Crippen LogP contribution in [0.3, 0.4) is 0 Å². The number of rotatable bonds is 4. The van der Waals surface area contributed by atoms with Gasteiger partial charge < -0.3 is 0 Å². The molecule has 0 aliphatic heterocycles. The Bertz CT molecular complexity index is 1470. The zero-order chi connectivity index (χ0) is 24.1. The number of benzene rings is 4. The molecular weight excluding hydrogens is 546 g/mol. The molecule has 1 unspecified atom stereocenters. The van der Waals surface area contributed by atoms with E-state index in [-0.39, 0.29) is 7.25 Å². The molecule has 0 amide bonds. The molecule has 0 bridgehead atoms. The normalized spacial score (nSPS) is 17.1. The molecule has 6 rings (SSSR count). The topological polar surface area (TPSA) is 0 Å². The van der Waals surface area contributed by atoms with Crippen LogP contribution < -0.4 is 0 Å². The van der Waals surface area contributed by atoms with Crippen molar-refractivity contribution in [1.29, 1.82) is 0 Å². The molecule has 3 heteroatoms. The van der Waals surface area contributed by atoms with Crippen LogP contribution >= 0.6 is 17.0 Å². The number of allylic oxidation sites excluding steroid dienone is 4. The van der Waals surface area contributed by atoms with Crippen LogP contribution in [0.15, 0.2) is 133 Å². The third kappa shape index (κ3) is 3.55. The summed E-state index contributed by atoms with van der Waals surface area (Å²) in [6, 6.07) is 38.5. The second-order valence-corrected chi connectivity index (χ2v) is 30.4. The Morgan fingerprint density at radius 3 is 1.54 bits per heavy atom. The Morgan fingerprint density at radius 1 is 0.629 bits per heavy atom. The fraction of sp³-hybridized carbons (Fsp3) is 0.0938. The van der Waals surface area contributed by atoms with Crippen molar-refractivity contribution in [2.24, 2.45) is 0 Å². The van der Waals surface area contributed by atoms with E-state index in [0.717, 1.165) is 14.3 Å². The van der Waals surface area contributed by atoms with Crippen LogP contribution in [0.4, 0.5) is 0 Å². The van der Waals surface area contributed by atoms with Gasteiger partial charge in [-0.15, -0.1) is 0 Å². The van der Waals surface area contributed by atoms with Gasteiger partial charge in [0.05, 0.1) is 0 Å². The van der Waals surface area contributed by atoms with Gasteiger partial charge in [-0.3, -0.25) is 0 Å². The first-order valence-corrected chi connectivity index (χ1v) is 22.5. The number of hydrogen-bond acceptors (Lipinski definition) is 0. The summed E-state index contributed by atoms with van der Waals surface area (Å²) < 4.78 is 1.03. The van der Waals surface area contributed by atoms with E-state index < -0.39 is 15.9 Å². The van der Waals surface area contributed by atoms with Crippen LogP contribution in [0.1, 0.15) is 32.8 Å². The molecule has 0 N–H and O–H groups in total. The Labute approximate surface area is 215 Å². The van der Waals surface area contributed by atoms with Crippen molar-refractivity contribution in [1.82, 2.24) is 0 Å². The molecule has 4 aromatic carbocycles. The summed E-state index contributed by atoms with van der Waals surface area (Å²) in [7, 11) is 16.8. The summed E-state index contributed by atoms with van der Waals surface area (Å²) in [5.41, 5.74) is 8.44. The zero-order valence-electron chi connectivity index (χ0n) is 19.5. The van der Waals surface area contributed by atoms with Crippen molar-refractivity contribution in [3.05, 3.63) is 155 Å². The van der Waals surface area contributed by atoms with Crippen LogP contribution in [-0.2, 0) is 15.9 Å². The fourth-order valence-electron chi connectivity index (χ4n) is 6.14. The molecule has 0 heterocycles. The SMILES string of the molecule is CC1=C[CH]([Zr]([Cl])([Cl])(=[C](c2ccccc2)c2ccccc2)[CH]2c3ccccc3-c3ccccc32)C=C1. The predicted molar refractivity (Wildman–Crippen MR) is 148 cm³/mol. The van der Waals surface area contributed by atoms with Crippen molar-refractivity contribution in [3.8, 4) is 11.1 Å². The van der Waals surface area contributed by atoms with Gasteiger partial charge in [0.2, 0.25) is 0 Å². The summed E-state index contributed by atoms with van der Waals surface area (Å²) in [5.74, 6) is 0. The van der Waals surface area contributed by atoms with Gasteiger partial charge in [-0.2, -0.15) is 0 Å². The van der Waals surface area contributed by atoms with Crippen LogP contribution in [0.25, 0.3) is 11.1 Å². The van der Waals surface area contributed by atoms with E-state index in [0.29, 0.717) is 0 Å². The first-order valence-electron chi connectivity index (χ1n) is 12.1. The molecule has 0 spiro atoms. The van der Waals surface area contributed by atoms with Crippen molar-refractivity contribution in [2.45, 2.75) is 14.2 Å². The summed E-state index contributed by atoms with van der Waals surface area (Å²) >= 11 is -5.14. The van der Waals surface area contributed by atoms with Gasteiger partial charge in [0.15, 0.2) is 0 Å². The van der Waals surface area contributed by atoms with E-state index in [4.69, 9.17) is 17.0 Å². The maximum atomic E-state index is 8.41. The van der Waals surface area contributed by atoms with Gasteiger partial charge in [0.1, 0.15) is 0 Å². The van der Waals surface area contributed by atoms with Gasteiger partial charge in [0, 0.05) is 0 Å². The molecule has 0 fully saturated rings. The summed E-state index contributed by atoms with van der Waals surface area (Å²) in [5, 5.41) is 0. The predicted octanol–water partition coefficient (Wildman–Crippen LogP) is 9.33. The summed E-state index contributed by atoms with van der Waals surface area (Å²) in [6.45, 7) is 2.14. The molecule has 0 nitrogen and oxygen atoms in total. The summed E-state index contributed by atoms with van der Waals surface area (Å²) in [6.07, 6.45) is 6.75. The molecule has 0 saturated heterocycles. The van der Waals surface area contributed by atoms with Gasteiger partial charge >= 0.3 is 217 Å². The number of hydrogen-bond donors (Lipinski definition) is 0. The molecule has 2 aliphatic carbocycles. The minimum absolute atomic E-state index is 0.0283. The minimum atomic E-state index is -5.14. The average molecular weight is 573 g/mol. The van der Waals surface area contributed by atoms with Crippen LogP contribution in [0, 0.1) is 0 Å². The van der Waals surface area contributed by atoms with E-state index in [9.17, 15) is 0 Å². The monoisotopic (exact) mass is 570 g/mol. The van der Waals surface area contributed by atoms with Crippen LogP contribution in [0.5, 0.6) is 0 Å². The molecule has 35 heavy (non-hydrogen) atoms. The Kier molecular flexibility index (Phi) is 5.72. The maximum absolute atomic E-state index is 8.41. The van der Waals surface area contributed by atoms with Crippen LogP contribution in [0.2, 0.25) is 3.63 Å². The fourth-order valence-corrected chi connectivity index (χ4v) is 25.7. The van der Waals surface area contributed by atoms with Crippen molar-refractivity contribution >= 4 is 20.2 Å². The zero-order valence-corrected chi connectivity index (χ0v) is 23.5. The van der Waals surface area contributed by atoms with E-state index in [1.54, 1.807) is 0 Å². The Balaban J connectivity index is 1.84. The quantitative estimate of drug-likeness (QED) is 0.229. The van der Waals surface area contributed by atoms with Gasteiger partial charge in [-0.25, -0.2) is 0 Å². The Hall–Kier alpha value is -2.31. The third-order valence-corrected chi connectivity index (χ3v) is 27.2. The number of fused-ring (bicyclic) bond motifs is 3. The van der Waals surface area contributed by atoms with Gasteiger partial charge in [-0.05, 0) is 0 Å². The van der Waals surface area contributed by atoms with Crippen molar-refractivity contribution in [3.63, 3.8) is 0 Å². The first-order chi connectivity index (χ1) is 17.0. The van der Waals surface area contributed by atoms with E-state index in [2.05, 4.69) is 134 Å². The molecule has 0 radical (unpaired) electrons. The van der Waals surface area contributed by atoms with E-state index in [1.165, 1.54) is 27.8 Å². The average Bonchev–Trinajstić information content (AvgIpc) is 3.48. The second-order valence-electron chi connectivity index (χ2n) is 9.66. The standard InChI is InChI=1S/C13H9.C13H10.C6H7.2ClH.Zr/c1-3-7-12-10(5-1)9-11-6-2-4-8-13(11)12;1-3-7-12(8-4-1)11-13-9-5-2-6-10-13;1-6-4-2-3-5-6;;;/h1-9H;1-10H;2-5H,1H3;2*1H;/q;;;;;+2/p-2. The van der Waals surface area contributed by atoms with Crippen molar-refractivity contribution < 1.29 is 15.9 Å². The van der Waals surface area contributed by atoms with Gasteiger partial charge in [0.25, 0.3) is 0 Å². The van der Waals surface area contributed by atoms with E-state index >= 15 is 0 Å². The second kappa shape index (κ2) is 8.67. The van der Waals surface area contributed by atoms with Crippen molar-refractivity contribution in [2.75, 3.05) is 0 Å². The van der Waals surface area contributed by atoms with Gasteiger partial charge in [-0.1, -0.05) is 0 Å². The number of halogens is 2. The molecule has 4 aromatic rings. The molecule has 0 aromatic heterocycles. The third-order valence-electron chi connectivity index (χ3n) is 7.59. The molecule has 1 atom stereocenters. The molecule has 2 aliphatic rings. The van der Waals surface area contributed by atoms with E-state index in [1.807, 2.05) is 0 Å². The Morgan fingerprint density at radius 2 is 1.09 bits per heavy atom. The molecule has 172 valence electrons. The molecular formula is C32H26Cl2Zr. The summed E-state index contributed by atoms with van der Waals surface area (Å²) in [4.78, 5) is 0.